The van der Waals surface area contributed by atoms with Crippen LogP contribution in [0.1, 0.15) is 12.5 Å². The molecule has 0 radical (unpaired) electrons. The van der Waals surface area contributed by atoms with Crippen LogP contribution in [0, 0.1) is 0 Å². The van der Waals surface area contributed by atoms with Crippen LogP contribution < -0.4 is 10.1 Å². The largest absolute Gasteiger partial charge is 0.482 e. The molecular weight excluding hydrogens is 352 g/mol. The van der Waals surface area contributed by atoms with E-state index in [2.05, 4.69) is 5.32 Å². The lowest BCUT2D eigenvalue weighted by Gasteiger charge is -2.28. The topological polar surface area (TPSA) is 58.6 Å². The summed E-state index contributed by atoms with van der Waals surface area (Å²) in [5.74, 6) is -0.0424. The van der Waals surface area contributed by atoms with Gasteiger partial charge in [0.25, 0.3) is 5.91 Å². The molecular formula is C20H23ClN2O3. The Balaban J connectivity index is 2.05. The van der Waals surface area contributed by atoms with Crippen LogP contribution in [0.5, 0.6) is 5.75 Å². The van der Waals surface area contributed by atoms with Crippen molar-refractivity contribution in [3.63, 3.8) is 0 Å². The predicted molar refractivity (Wildman–Crippen MR) is 102 cm³/mol. The SMILES string of the molecule is CNC(=O)C(C)N(CCc1ccccc1)C(=O)COc1ccccc1Cl. The van der Waals surface area contributed by atoms with E-state index in [-0.39, 0.29) is 18.4 Å². The average Bonchev–Trinajstić information content (AvgIpc) is 2.67. The quantitative estimate of drug-likeness (QED) is 0.772. The molecule has 0 aliphatic heterocycles. The minimum Gasteiger partial charge on any atom is -0.482 e. The minimum atomic E-state index is -0.592. The summed E-state index contributed by atoms with van der Waals surface area (Å²) in [6, 6.07) is 16.2. The molecule has 0 saturated heterocycles. The van der Waals surface area contributed by atoms with Gasteiger partial charge in [0, 0.05) is 13.6 Å². The van der Waals surface area contributed by atoms with E-state index in [1.807, 2.05) is 30.3 Å². The predicted octanol–water partition coefficient (Wildman–Crippen LogP) is 2.92. The summed E-state index contributed by atoms with van der Waals surface area (Å²) in [7, 11) is 1.55. The average molecular weight is 375 g/mol. The monoisotopic (exact) mass is 374 g/mol. The van der Waals surface area contributed by atoms with Crippen LogP contribution in [-0.2, 0) is 16.0 Å². The van der Waals surface area contributed by atoms with Gasteiger partial charge in [-0.1, -0.05) is 54.1 Å². The van der Waals surface area contributed by atoms with Crippen LogP contribution in [0.15, 0.2) is 54.6 Å². The number of benzene rings is 2. The molecule has 1 N–H and O–H groups in total. The molecule has 0 fully saturated rings. The van der Waals surface area contributed by atoms with Crippen molar-refractivity contribution < 1.29 is 14.3 Å². The number of halogens is 1. The van der Waals surface area contributed by atoms with E-state index in [1.54, 1.807) is 38.2 Å². The molecule has 0 aromatic heterocycles. The van der Waals surface area contributed by atoms with Gasteiger partial charge in [0.2, 0.25) is 5.91 Å². The Hall–Kier alpha value is -2.53. The molecule has 0 aliphatic rings. The number of ether oxygens (including phenoxy) is 1. The maximum absolute atomic E-state index is 12.7. The zero-order valence-corrected chi connectivity index (χ0v) is 15.7. The van der Waals surface area contributed by atoms with Crippen LogP contribution in [0.25, 0.3) is 0 Å². The van der Waals surface area contributed by atoms with Gasteiger partial charge in [0.05, 0.1) is 5.02 Å². The molecule has 2 amide bonds. The molecule has 1 atom stereocenters. The fourth-order valence-electron chi connectivity index (χ4n) is 2.56. The first-order valence-corrected chi connectivity index (χ1v) is 8.83. The molecule has 5 nitrogen and oxygen atoms in total. The van der Waals surface area contributed by atoms with E-state index in [0.29, 0.717) is 23.7 Å². The van der Waals surface area contributed by atoms with Gasteiger partial charge in [-0.25, -0.2) is 0 Å². The summed E-state index contributed by atoms with van der Waals surface area (Å²) < 4.78 is 5.54. The van der Waals surface area contributed by atoms with Gasteiger partial charge < -0.3 is 15.0 Å². The highest BCUT2D eigenvalue weighted by Crippen LogP contribution is 2.23. The first-order valence-electron chi connectivity index (χ1n) is 8.45. The van der Waals surface area contributed by atoms with Crippen LogP contribution in [0.3, 0.4) is 0 Å². The standard InChI is InChI=1S/C20H23ClN2O3/c1-15(20(25)22-2)23(13-12-16-8-4-3-5-9-16)19(24)14-26-18-11-7-6-10-17(18)21/h3-11,15H,12-14H2,1-2H3,(H,22,25). The maximum atomic E-state index is 12.7. The number of nitrogens with one attached hydrogen (secondary N) is 1. The number of carbonyl (C=O) groups excluding carboxylic acids is 2. The van der Waals surface area contributed by atoms with Crippen LogP contribution in [-0.4, -0.2) is 43.0 Å². The summed E-state index contributed by atoms with van der Waals surface area (Å²) in [4.78, 5) is 26.2. The molecule has 26 heavy (non-hydrogen) atoms. The van der Waals surface area contributed by atoms with Crippen LogP contribution in [0.4, 0.5) is 0 Å². The second-order valence-electron chi connectivity index (χ2n) is 5.83. The Kier molecular flexibility index (Phi) is 7.48. The summed E-state index contributed by atoms with van der Waals surface area (Å²) >= 11 is 6.05. The number of rotatable bonds is 8. The van der Waals surface area contributed by atoms with Gasteiger partial charge in [-0.2, -0.15) is 0 Å². The third-order valence-corrected chi connectivity index (χ3v) is 4.40. The number of hydrogen-bond acceptors (Lipinski definition) is 3. The highest BCUT2D eigenvalue weighted by molar-refractivity contribution is 6.32. The van der Waals surface area contributed by atoms with E-state index in [4.69, 9.17) is 16.3 Å². The van der Waals surface area contributed by atoms with Crippen molar-refractivity contribution in [2.24, 2.45) is 0 Å². The van der Waals surface area contributed by atoms with Crippen LogP contribution in [0.2, 0.25) is 5.02 Å². The molecule has 6 heteroatoms. The van der Waals surface area contributed by atoms with Gasteiger partial charge >= 0.3 is 0 Å². The highest BCUT2D eigenvalue weighted by Gasteiger charge is 2.25. The molecule has 2 rings (SSSR count). The lowest BCUT2D eigenvalue weighted by atomic mass is 10.1. The number of nitrogens with zero attached hydrogens (tertiary/aromatic N) is 1. The lowest BCUT2D eigenvalue weighted by Crippen LogP contribution is -2.49. The molecule has 0 heterocycles. The van der Waals surface area contributed by atoms with Crippen LogP contribution >= 0.6 is 11.6 Å². The molecule has 2 aromatic carbocycles. The molecule has 1 unspecified atom stereocenters. The Morgan fingerprint density at radius 3 is 2.42 bits per heavy atom. The third kappa shape index (κ3) is 5.49. The van der Waals surface area contributed by atoms with Gasteiger partial charge in [-0.15, -0.1) is 0 Å². The molecule has 0 bridgehead atoms. The van der Waals surface area contributed by atoms with Crippen molar-refractivity contribution >= 4 is 23.4 Å². The van der Waals surface area contributed by atoms with E-state index in [0.717, 1.165) is 5.56 Å². The Morgan fingerprint density at radius 1 is 1.12 bits per heavy atom. The smallest absolute Gasteiger partial charge is 0.261 e. The molecule has 138 valence electrons. The Labute approximate surface area is 158 Å². The van der Waals surface area contributed by atoms with Gasteiger partial charge in [0.1, 0.15) is 11.8 Å². The van der Waals surface area contributed by atoms with Crippen molar-refractivity contribution in [2.45, 2.75) is 19.4 Å². The number of amides is 2. The van der Waals surface area contributed by atoms with Crippen molar-refractivity contribution in [3.05, 3.63) is 65.2 Å². The molecule has 0 spiro atoms. The van der Waals surface area contributed by atoms with Crippen molar-refractivity contribution in [2.75, 3.05) is 20.2 Å². The fraction of sp³-hybridized carbons (Fsp3) is 0.300. The Bertz CT molecular complexity index is 737. The van der Waals surface area contributed by atoms with E-state index in [1.165, 1.54) is 4.90 Å². The number of hydrogen-bond donors (Lipinski definition) is 1. The second kappa shape index (κ2) is 9.82. The number of likely N-dealkylation sites (N-methyl/N-ethyl adjacent to an activating group) is 1. The summed E-state index contributed by atoms with van der Waals surface area (Å²) in [6.45, 7) is 1.94. The van der Waals surface area contributed by atoms with Gasteiger partial charge in [-0.3, -0.25) is 9.59 Å². The van der Waals surface area contributed by atoms with Gasteiger partial charge in [-0.05, 0) is 31.0 Å². The maximum Gasteiger partial charge on any atom is 0.261 e. The first-order chi connectivity index (χ1) is 12.5. The zero-order valence-electron chi connectivity index (χ0n) is 14.9. The molecule has 0 saturated carbocycles. The number of para-hydroxylation sites is 1. The van der Waals surface area contributed by atoms with Crippen molar-refractivity contribution in [3.8, 4) is 5.75 Å². The second-order valence-corrected chi connectivity index (χ2v) is 6.24. The van der Waals surface area contributed by atoms with Gasteiger partial charge in [0.15, 0.2) is 6.61 Å². The zero-order chi connectivity index (χ0) is 18.9. The Morgan fingerprint density at radius 2 is 1.77 bits per heavy atom. The first kappa shape index (κ1) is 19.8. The molecule has 2 aromatic rings. The third-order valence-electron chi connectivity index (χ3n) is 4.09. The number of carbonyl (C=O) groups is 2. The van der Waals surface area contributed by atoms with E-state index >= 15 is 0 Å². The normalized spacial score (nSPS) is 11.5. The van der Waals surface area contributed by atoms with Crippen molar-refractivity contribution in [1.82, 2.24) is 10.2 Å². The summed E-state index contributed by atoms with van der Waals surface area (Å²) in [5, 5.41) is 3.03. The highest BCUT2D eigenvalue weighted by atomic mass is 35.5. The van der Waals surface area contributed by atoms with E-state index in [9.17, 15) is 9.59 Å². The summed E-state index contributed by atoms with van der Waals surface area (Å²) in [6.07, 6.45) is 0.653. The fourth-order valence-corrected chi connectivity index (χ4v) is 2.75. The van der Waals surface area contributed by atoms with Crippen molar-refractivity contribution in [1.29, 1.82) is 0 Å². The minimum absolute atomic E-state index is 0.181. The lowest BCUT2D eigenvalue weighted by molar-refractivity contribution is -0.141. The van der Waals surface area contributed by atoms with E-state index < -0.39 is 6.04 Å². The molecule has 0 aliphatic carbocycles. The summed E-state index contributed by atoms with van der Waals surface area (Å²) in [5.41, 5.74) is 1.10.